The number of thiophene rings is 1. The molecule has 1 aromatic heterocycles. The van der Waals surface area contributed by atoms with Crippen LogP contribution in [0.25, 0.3) is 0 Å². The number of rotatable bonds is 5. The first-order chi connectivity index (χ1) is 10.5. The molecular formula is C16H13ClN2OS2. The average Bonchev–Trinajstić information content (AvgIpc) is 2.91. The van der Waals surface area contributed by atoms with Crippen molar-refractivity contribution in [3.8, 4) is 11.8 Å². The summed E-state index contributed by atoms with van der Waals surface area (Å²) in [6, 6.07) is 9.25. The van der Waals surface area contributed by atoms with Crippen molar-refractivity contribution in [1.29, 1.82) is 5.26 Å². The molecule has 0 atom stereocenters. The lowest BCUT2D eigenvalue weighted by molar-refractivity contribution is 0.358. The summed E-state index contributed by atoms with van der Waals surface area (Å²) in [5, 5.41) is 14.6. The van der Waals surface area contributed by atoms with Crippen molar-refractivity contribution in [2.24, 2.45) is 0 Å². The Labute approximate surface area is 143 Å². The van der Waals surface area contributed by atoms with Crippen LogP contribution in [0.5, 0.6) is 5.75 Å². The molecule has 0 fully saturated rings. The zero-order chi connectivity index (χ0) is 16.1. The summed E-state index contributed by atoms with van der Waals surface area (Å²) in [6.45, 7) is 5.73. The van der Waals surface area contributed by atoms with Crippen LogP contribution in [0.15, 0.2) is 41.3 Å². The molecule has 3 nitrogen and oxygen atoms in total. The third kappa shape index (κ3) is 4.08. The minimum atomic E-state index is 0.147. The molecule has 2 rings (SSSR count). The molecule has 1 N–H and O–H groups in total. The van der Waals surface area contributed by atoms with Crippen molar-refractivity contribution in [3.05, 3.63) is 57.3 Å². The van der Waals surface area contributed by atoms with Gasteiger partial charge < -0.3 is 10.1 Å². The van der Waals surface area contributed by atoms with Crippen LogP contribution < -0.4 is 10.1 Å². The molecule has 0 amide bonds. The van der Waals surface area contributed by atoms with Gasteiger partial charge in [-0.1, -0.05) is 30.4 Å². The van der Waals surface area contributed by atoms with E-state index < -0.39 is 0 Å². The number of benzene rings is 1. The molecule has 6 heteroatoms. The van der Waals surface area contributed by atoms with Gasteiger partial charge in [0.1, 0.15) is 23.4 Å². The molecule has 0 aliphatic rings. The van der Waals surface area contributed by atoms with Crippen LogP contribution in [0.4, 0.5) is 5.69 Å². The van der Waals surface area contributed by atoms with E-state index in [1.165, 1.54) is 0 Å². The van der Waals surface area contributed by atoms with Gasteiger partial charge in [0, 0.05) is 27.2 Å². The number of hydrogen-bond acceptors (Lipinski definition) is 4. The Hall–Kier alpha value is -1.87. The zero-order valence-electron chi connectivity index (χ0n) is 11.9. The van der Waals surface area contributed by atoms with Crippen LogP contribution in [-0.2, 0) is 0 Å². The summed E-state index contributed by atoms with van der Waals surface area (Å²) in [5.41, 5.74) is 2.19. The lowest BCUT2D eigenvalue weighted by atomic mass is 10.2. The van der Waals surface area contributed by atoms with Crippen molar-refractivity contribution in [3.63, 3.8) is 0 Å². The Kier molecular flexibility index (Phi) is 5.56. The summed E-state index contributed by atoms with van der Waals surface area (Å²) in [5.74, 6) is 0.444. The van der Waals surface area contributed by atoms with Gasteiger partial charge in [0.25, 0.3) is 0 Å². The Balaban J connectivity index is 2.20. The number of anilines is 1. The number of ether oxygens (including phenoxy) is 1. The van der Waals surface area contributed by atoms with E-state index in [1.807, 2.05) is 18.4 Å². The molecule has 0 unspecified atom stereocenters. The second-order valence-corrected chi connectivity index (χ2v) is 6.54. The van der Waals surface area contributed by atoms with Crippen molar-refractivity contribution >= 4 is 45.8 Å². The van der Waals surface area contributed by atoms with E-state index in [4.69, 9.17) is 33.8 Å². The third-order valence-electron chi connectivity index (χ3n) is 2.85. The average molecular weight is 349 g/mol. The third-order valence-corrected chi connectivity index (χ3v) is 4.12. The standard InChI is InChI=1S/C16H13ClN2OS2/c1-10(17)9-20-15-7-13(4-3-12(15)8-18)19-16(21)14-5-6-22-11(14)2/h3-7H,1,9H2,2H3,(H,19,21). The van der Waals surface area contributed by atoms with E-state index >= 15 is 0 Å². The monoisotopic (exact) mass is 348 g/mol. The SMILES string of the molecule is C=C(Cl)COc1cc(NC(=S)c2ccsc2C)ccc1C#N. The van der Waals surface area contributed by atoms with Crippen molar-refractivity contribution in [2.75, 3.05) is 11.9 Å². The van der Waals surface area contributed by atoms with Gasteiger partial charge in [-0.05, 0) is 30.5 Å². The number of hydrogen-bond donors (Lipinski definition) is 1. The number of nitriles is 1. The molecule has 1 aromatic carbocycles. The van der Waals surface area contributed by atoms with Crippen LogP contribution in [0.1, 0.15) is 16.0 Å². The number of aryl methyl sites for hydroxylation is 1. The number of nitrogens with one attached hydrogen (secondary N) is 1. The second-order valence-electron chi connectivity index (χ2n) is 4.47. The summed E-state index contributed by atoms with van der Waals surface area (Å²) < 4.78 is 5.49. The predicted octanol–water partition coefficient (Wildman–Crippen LogP) is 4.85. The second kappa shape index (κ2) is 7.41. The fourth-order valence-electron chi connectivity index (χ4n) is 1.79. The quantitative estimate of drug-likeness (QED) is 0.785. The van der Waals surface area contributed by atoms with Crippen molar-refractivity contribution in [1.82, 2.24) is 0 Å². The van der Waals surface area contributed by atoms with Crippen LogP contribution in [0, 0.1) is 18.3 Å². The molecule has 0 aliphatic carbocycles. The lowest BCUT2D eigenvalue weighted by Gasteiger charge is -2.11. The van der Waals surface area contributed by atoms with Crippen LogP contribution in [0.3, 0.4) is 0 Å². The minimum Gasteiger partial charge on any atom is -0.487 e. The summed E-state index contributed by atoms with van der Waals surface area (Å²) in [7, 11) is 0. The van der Waals surface area contributed by atoms with Crippen molar-refractivity contribution in [2.45, 2.75) is 6.92 Å². The van der Waals surface area contributed by atoms with Gasteiger partial charge in [-0.3, -0.25) is 0 Å². The Morgan fingerprint density at radius 1 is 1.50 bits per heavy atom. The molecule has 0 saturated carbocycles. The summed E-state index contributed by atoms with van der Waals surface area (Å²) in [6.07, 6.45) is 0. The highest BCUT2D eigenvalue weighted by Gasteiger charge is 2.09. The highest BCUT2D eigenvalue weighted by molar-refractivity contribution is 7.81. The maximum absolute atomic E-state index is 9.11. The first kappa shape index (κ1) is 16.5. The predicted molar refractivity (Wildman–Crippen MR) is 96.0 cm³/mol. The first-order valence-electron chi connectivity index (χ1n) is 6.37. The van der Waals surface area contributed by atoms with E-state index in [9.17, 15) is 0 Å². The van der Waals surface area contributed by atoms with E-state index in [0.717, 1.165) is 16.1 Å². The topological polar surface area (TPSA) is 45.0 Å². The first-order valence-corrected chi connectivity index (χ1v) is 8.03. The molecule has 0 spiro atoms. The molecule has 2 aromatic rings. The highest BCUT2D eigenvalue weighted by Crippen LogP contribution is 2.25. The summed E-state index contributed by atoms with van der Waals surface area (Å²) in [4.78, 5) is 1.79. The largest absolute Gasteiger partial charge is 0.487 e. The normalized spacial score (nSPS) is 9.86. The molecule has 0 radical (unpaired) electrons. The van der Waals surface area contributed by atoms with E-state index in [2.05, 4.69) is 18.0 Å². The van der Waals surface area contributed by atoms with Gasteiger partial charge in [-0.2, -0.15) is 5.26 Å². The van der Waals surface area contributed by atoms with Gasteiger partial charge >= 0.3 is 0 Å². The zero-order valence-corrected chi connectivity index (χ0v) is 14.2. The lowest BCUT2D eigenvalue weighted by Crippen LogP contribution is -2.11. The number of halogens is 1. The highest BCUT2D eigenvalue weighted by atomic mass is 35.5. The molecular weight excluding hydrogens is 336 g/mol. The van der Waals surface area contributed by atoms with Gasteiger partial charge in [-0.25, -0.2) is 0 Å². The van der Waals surface area contributed by atoms with Crippen LogP contribution >= 0.6 is 35.2 Å². The van der Waals surface area contributed by atoms with Crippen LogP contribution in [0.2, 0.25) is 0 Å². The summed E-state index contributed by atoms with van der Waals surface area (Å²) >= 11 is 12.7. The fraction of sp³-hybridized carbons (Fsp3) is 0.125. The molecule has 0 saturated heterocycles. The van der Waals surface area contributed by atoms with Gasteiger partial charge in [0.15, 0.2) is 0 Å². The Bertz CT molecular complexity index is 762. The molecule has 0 aliphatic heterocycles. The maximum Gasteiger partial charge on any atom is 0.139 e. The van der Waals surface area contributed by atoms with Crippen molar-refractivity contribution < 1.29 is 4.74 Å². The van der Waals surface area contributed by atoms with E-state index in [1.54, 1.807) is 29.5 Å². The Morgan fingerprint density at radius 3 is 2.86 bits per heavy atom. The number of thiocarbonyl (C=S) groups is 1. The molecule has 1 heterocycles. The maximum atomic E-state index is 9.11. The smallest absolute Gasteiger partial charge is 0.139 e. The van der Waals surface area contributed by atoms with Crippen LogP contribution in [-0.4, -0.2) is 11.6 Å². The number of nitrogens with zero attached hydrogens (tertiary/aromatic N) is 1. The molecule has 0 bridgehead atoms. The molecule has 22 heavy (non-hydrogen) atoms. The van der Waals surface area contributed by atoms with Gasteiger partial charge in [-0.15, -0.1) is 11.3 Å². The molecule has 112 valence electrons. The fourth-order valence-corrected chi connectivity index (χ4v) is 2.95. The van der Waals surface area contributed by atoms with E-state index in [0.29, 0.717) is 21.3 Å². The van der Waals surface area contributed by atoms with E-state index in [-0.39, 0.29) is 6.61 Å². The van der Waals surface area contributed by atoms with Gasteiger partial charge in [0.2, 0.25) is 0 Å². The Morgan fingerprint density at radius 2 is 2.27 bits per heavy atom. The minimum absolute atomic E-state index is 0.147. The van der Waals surface area contributed by atoms with Gasteiger partial charge in [0.05, 0.1) is 5.56 Å².